The van der Waals surface area contributed by atoms with E-state index in [-0.39, 0.29) is 18.3 Å². The molecular formula is C22H28N8O2. The second kappa shape index (κ2) is 8.71. The molecule has 5 rings (SSSR count). The maximum Gasteiger partial charge on any atom is 0.326 e. The molecular weight excluding hydrogens is 408 g/mol. The Balaban J connectivity index is 1.35. The molecule has 0 atom stereocenters. The van der Waals surface area contributed by atoms with E-state index in [4.69, 9.17) is 10.1 Å². The van der Waals surface area contributed by atoms with Crippen LogP contribution in [0, 0.1) is 0 Å². The zero-order valence-corrected chi connectivity index (χ0v) is 18.2. The largest absolute Gasteiger partial charge is 0.396 e. The van der Waals surface area contributed by atoms with E-state index < -0.39 is 0 Å². The summed E-state index contributed by atoms with van der Waals surface area (Å²) in [5.74, 6) is 1.73. The Kier molecular flexibility index (Phi) is 5.62. The lowest BCUT2D eigenvalue weighted by atomic mass is 10.0. The minimum absolute atomic E-state index is 0.0443. The molecule has 10 heteroatoms. The van der Waals surface area contributed by atoms with Gasteiger partial charge in [-0.05, 0) is 37.9 Å². The van der Waals surface area contributed by atoms with E-state index in [1.807, 2.05) is 40.4 Å². The Labute approximate surface area is 184 Å². The van der Waals surface area contributed by atoms with Gasteiger partial charge in [0.15, 0.2) is 17.0 Å². The Morgan fingerprint density at radius 1 is 1.22 bits per heavy atom. The highest BCUT2D eigenvalue weighted by molar-refractivity contribution is 5.84. The number of rotatable bonds is 7. The number of imidazole rings is 2. The normalized spacial score (nSPS) is 15.2. The molecule has 0 saturated carbocycles. The number of aromatic nitrogens is 6. The van der Waals surface area contributed by atoms with Crippen LogP contribution in [0.5, 0.6) is 0 Å². The summed E-state index contributed by atoms with van der Waals surface area (Å²) < 4.78 is 3.89. The van der Waals surface area contributed by atoms with Crippen molar-refractivity contribution in [3.8, 4) is 0 Å². The van der Waals surface area contributed by atoms with Gasteiger partial charge in [0.2, 0.25) is 0 Å². The minimum Gasteiger partial charge on any atom is -0.396 e. The number of H-pyrrole nitrogens is 1. The molecule has 0 bridgehead atoms. The van der Waals surface area contributed by atoms with Crippen molar-refractivity contribution in [2.45, 2.75) is 31.8 Å². The number of para-hydroxylation sites is 2. The van der Waals surface area contributed by atoms with Gasteiger partial charge in [0.05, 0.1) is 17.6 Å². The van der Waals surface area contributed by atoms with E-state index in [2.05, 4.69) is 25.2 Å². The average Bonchev–Trinajstić information content (AvgIpc) is 3.33. The summed E-state index contributed by atoms with van der Waals surface area (Å²) in [5, 5.41) is 12.3. The fourth-order valence-corrected chi connectivity index (χ4v) is 4.60. The van der Waals surface area contributed by atoms with Gasteiger partial charge in [0.25, 0.3) is 0 Å². The number of piperidine rings is 1. The molecule has 0 radical (unpaired) electrons. The zero-order chi connectivity index (χ0) is 22.1. The van der Waals surface area contributed by atoms with Crippen molar-refractivity contribution in [2.75, 3.05) is 31.1 Å². The van der Waals surface area contributed by atoms with Gasteiger partial charge in [-0.1, -0.05) is 12.1 Å². The fourth-order valence-electron chi connectivity index (χ4n) is 4.60. The number of aliphatic hydroxyl groups excluding tert-OH is 1. The molecule has 10 nitrogen and oxygen atoms in total. The van der Waals surface area contributed by atoms with Crippen LogP contribution >= 0.6 is 0 Å². The van der Waals surface area contributed by atoms with Gasteiger partial charge in [-0.3, -0.25) is 4.57 Å². The maximum absolute atomic E-state index is 12.6. The summed E-state index contributed by atoms with van der Waals surface area (Å²) in [5.41, 5.74) is 3.41. The molecule has 3 N–H and O–H groups in total. The predicted molar refractivity (Wildman–Crippen MR) is 123 cm³/mol. The smallest absolute Gasteiger partial charge is 0.326 e. The van der Waals surface area contributed by atoms with Crippen molar-refractivity contribution in [1.29, 1.82) is 0 Å². The summed E-state index contributed by atoms with van der Waals surface area (Å²) in [4.78, 5) is 31.6. The van der Waals surface area contributed by atoms with Gasteiger partial charge in [0, 0.05) is 32.8 Å². The van der Waals surface area contributed by atoms with E-state index in [0.29, 0.717) is 13.0 Å². The SMILES string of the molecule is Cn1c(CNCCCO)nc2c(N3CCC(n4c(=O)[nH]c5ccccc54)CC3)ncnc21. The first-order valence-corrected chi connectivity index (χ1v) is 11.1. The number of aliphatic hydroxyl groups is 1. The lowest BCUT2D eigenvalue weighted by Gasteiger charge is -2.33. The second-order valence-corrected chi connectivity index (χ2v) is 8.25. The van der Waals surface area contributed by atoms with Gasteiger partial charge in [-0.15, -0.1) is 0 Å². The van der Waals surface area contributed by atoms with Crippen molar-refractivity contribution in [3.63, 3.8) is 0 Å². The van der Waals surface area contributed by atoms with Crippen LogP contribution in [-0.4, -0.2) is 60.4 Å². The quantitative estimate of drug-likeness (QED) is 0.374. The molecule has 4 heterocycles. The van der Waals surface area contributed by atoms with Gasteiger partial charge in [-0.2, -0.15) is 0 Å². The second-order valence-electron chi connectivity index (χ2n) is 8.25. The molecule has 0 unspecified atom stereocenters. The van der Waals surface area contributed by atoms with Gasteiger partial charge >= 0.3 is 5.69 Å². The summed E-state index contributed by atoms with van der Waals surface area (Å²) in [6, 6.07) is 8.00. The number of nitrogens with one attached hydrogen (secondary N) is 2. The van der Waals surface area contributed by atoms with Crippen LogP contribution in [0.25, 0.3) is 22.2 Å². The van der Waals surface area contributed by atoms with E-state index in [1.165, 1.54) is 0 Å². The number of aromatic amines is 1. The van der Waals surface area contributed by atoms with Crippen LogP contribution in [0.3, 0.4) is 0 Å². The topological polar surface area (TPSA) is 117 Å². The first kappa shape index (κ1) is 20.7. The predicted octanol–water partition coefficient (Wildman–Crippen LogP) is 1.32. The molecule has 1 aliphatic heterocycles. The summed E-state index contributed by atoms with van der Waals surface area (Å²) in [7, 11) is 1.96. The molecule has 168 valence electrons. The molecule has 0 amide bonds. The van der Waals surface area contributed by atoms with Crippen LogP contribution in [-0.2, 0) is 13.6 Å². The van der Waals surface area contributed by atoms with Crippen LogP contribution < -0.4 is 15.9 Å². The highest BCUT2D eigenvalue weighted by Gasteiger charge is 2.26. The number of aryl methyl sites for hydroxylation is 1. The first-order chi connectivity index (χ1) is 15.7. The summed E-state index contributed by atoms with van der Waals surface area (Å²) in [6.45, 7) is 3.11. The number of anilines is 1. The molecule has 3 aromatic heterocycles. The fraction of sp³-hybridized carbons (Fsp3) is 0.455. The summed E-state index contributed by atoms with van der Waals surface area (Å²) in [6.07, 6.45) is 4.02. The average molecular weight is 437 g/mol. The maximum atomic E-state index is 12.6. The number of hydrogen-bond donors (Lipinski definition) is 3. The minimum atomic E-state index is -0.0443. The first-order valence-electron chi connectivity index (χ1n) is 11.1. The highest BCUT2D eigenvalue weighted by Crippen LogP contribution is 2.30. The Morgan fingerprint density at radius 3 is 2.84 bits per heavy atom. The van der Waals surface area contributed by atoms with E-state index in [1.54, 1.807) is 6.33 Å². The monoisotopic (exact) mass is 436 g/mol. The molecule has 32 heavy (non-hydrogen) atoms. The molecule has 1 aliphatic rings. The molecule has 4 aromatic rings. The molecule has 1 saturated heterocycles. The summed E-state index contributed by atoms with van der Waals surface area (Å²) >= 11 is 0. The highest BCUT2D eigenvalue weighted by atomic mass is 16.3. The number of hydrogen-bond acceptors (Lipinski definition) is 7. The Hall–Kier alpha value is -3.24. The van der Waals surface area contributed by atoms with E-state index in [0.717, 1.165) is 66.3 Å². The number of nitrogens with zero attached hydrogens (tertiary/aromatic N) is 6. The van der Waals surface area contributed by atoms with Crippen molar-refractivity contribution < 1.29 is 5.11 Å². The van der Waals surface area contributed by atoms with Gasteiger partial charge in [0.1, 0.15) is 12.2 Å². The van der Waals surface area contributed by atoms with Crippen LogP contribution in [0.2, 0.25) is 0 Å². The third-order valence-corrected chi connectivity index (χ3v) is 6.28. The number of fused-ring (bicyclic) bond motifs is 2. The van der Waals surface area contributed by atoms with E-state index in [9.17, 15) is 4.79 Å². The number of benzene rings is 1. The third-order valence-electron chi connectivity index (χ3n) is 6.28. The van der Waals surface area contributed by atoms with Crippen molar-refractivity contribution in [2.24, 2.45) is 7.05 Å². The molecule has 1 aromatic carbocycles. The van der Waals surface area contributed by atoms with Gasteiger partial charge in [-0.25, -0.2) is 19.7 Å². The molecule has 1 fully saturated rings. The van der Waals surface area contributed by atoms with Crippen LogP contribution in [0.15, 0.2) is 35.4 Å². The standard InChI is InChI=1S/C22H28N8O2/c1-28-18(13-23-9-4-12-31)27-19-20(28)24-14-25-21(19)29-10-7-15(8-11-29)30-17-6-3-2-5-16(17)26-22(30)32/h2-3,5-6,14-15,23,31H,4,7-13H2,1H3,(H,26,32). The van der Waals surface area contributed by atoms with Crippen molar-refractivity contribution >= 4 is 28.0 Å². The Morgan fingerprint density at radius 2 is 2.03 bits per heavy atom. The lowest BCUT2D eigenvalue weighted by Crippen LogP contribution is -2.37. The van der Waals surface area contributed by atoms with Gasteiger partial charge < -0.3 is 24.9 Å². The van der Waals surface area contributed by atoms with Crippen LogP contribution in [0.1, 0.15) is 31.1 Å². The molecule has 0 aliphatic carbocycles. The molecule has 0 spiro atoms. The lowest BCUT2D eigenvalue weighted by molar-refractivity contribution is 0.285. The van der Waals surface area contributed by atoms with Crippen molar-refractivity contribution in [3.05, 3.63) is 46.9 Å². The Bertz CT molecular complexity index is 1280. The zero-order valence-electron chi connectivity index (χ0n) is 18.2. The van der Waals surface area contributed by atoms with E-state index >= 15 is 0 Å². The third kappa shape index (κ3) is 3.65. The van der Waals surface area contributed by atoms with Crippen molar-refractivity contribution in [1.82, 2.24) is 34.4 Å². The van der Waals surface area contributed by atoms with Crippen LogP contribution in [0.4, 0.5) is 5.82 Å².